The van der Waals surface area contributed by atoms with Gasteiger partial charge in [-0.2, -0.15) is 0 Å². The summed E-state index contributed by atoms with van der Waals surface area (Å²) in [5.74, 6) is -0.495. The van der Waals surface area contributed by atoms with Crippen LogP contribution in [0.1, 0.15) is 6.92 Å². The van der Waals surface area contributed by atoms with Crippen molar-refractivity contribution in [1.29, 1.82) is 0 Å². The molecule has 1 fully saturated rings. The second kappa shape index (κ2) is 3.68. The topological polar surface area (TPSA) is 90.2 Å². The fourth-order valence-electron chi connectivity index (χ4n) is 1.29. The van der Waals surface area contributed by atoms with Crippen molar-refractivity contribution in [2.75, 3.05) is 6.61 Å². The third-order valence-corrected chi connectivity index (χ3v) is 2.24. The zero-order chi connectivity index (χ0) is 9.30. The van der Waals surface area contributed by atoms with Crippen molar-refractivity contribution >= 4 is 0 Å². The molecular weight excluding hydrogens is 164 g/mol. The normalized spacial score (nSPS) is 49.2. The van der Waals surface area contributed by atoms with E-state index < -0.39 is 30.5 Å². The summed E-state index contributed by atoms with van der Waals surface area (Å²) in [5, 5.41) is 36.4. The molecule has 0 amide bonds. The van der Waals surface area contributed by atoms with Gasteiger partial charge in [0, 0.05) is 5.92 Å². The van der Waals surface area contributed by atoms with Crippen molar-refractivity contribution in [1.82, 2.24) is 0 Å². The highest BCUT2D eigenvalue weighted by Gasteiger charge is 2.40. The first-order chi connectivity index (χ1) is 5.57. The minimum absolute atomic E-state index is 0.366. The van der Waals surface area contributed by atoms with Gasteiger partial charge in [-0.05, 0) is 0 Å². The lowest BCUT2D eigenvalue weighted by molar-refractivity contribution is -0.271. The molecule has 5 nitrogen and oxygen atoms in total. The van der Waals surface area contributed by atoms with Crippen LogP contribution in [-0.2, 0) is 4.74 Å². The molecule has 0 bridgehead atoms. The lowest BCUT2D eigenvalue weighted by Crippen LogP contribution is -2.54. The van der Waals surface area contributed by atoms with Crippen LogP contribution in [0.5, 0.6) is 0 Å². The van der Waals surface area contributed by atoms with Crippen molar-refractivity contribution in [2.24, 2.45) is 5.92 Å². The van der Waals surface area contributed by atoms with Gasteiger partial charge in [0.05, 0.1) is 12.7 Å². The molecule has 72 valence electrons. The van der Waals surface area contributed by atoms with Gasteiger partial charge in [-0.25, -0.2) is 0 Å². The summed E-state index contributed by atoms with van der Waals surface area (Å²) in [4.78, 5) is 0. The van der Waals surface area contributed by atoms with Crippen LogP contribution in [0.4, 0.5) is 0 Å². The van der Waals surface area contributed by atoms with Crippen LogP contribution in [-0.4, -0.2) is 51.6 Å². The summed E-state index contributed by atoms with van der Waals surface area (Å²) < 4.78 is 4.74. The minimum atomic E-state index is -1.32. The Labute approximate surface area is 70.2 Å². The van der Waals surface area contributed by atoms with E-state index in [0.29, 0.717) is 0 Å². The lowest BCUT2D eigenvalue weighted by atomic mass is 9.91. The summed E-state index contributed by atoms with van der Waals surface area (Å²) in [5.41, 5.74) is 0. The van der Waals surface area contributed by atoms with Gasteiger partial charge in [0.1, 0.15) is 12.2 Å². The van der Waals surface area contributed by atoms with Crippen molar-refractivity contribution < 1.29 is 25.2 Å². The molecule has 0 aromatic rings. The van der Waals surface area contributed by atoms with E-state index in [1.807, 2.05) is 0 Å². The molecule has 0 aromatic heterocycles. The molecular formula is C7H14O5. The Hall–Kier alpha value is -0.200. The predicted molar refractivity (Wildman–Crippen MR) is 39.1 cm³/mol. The van der Waals surface area contributed by atoms with Gasteiger partial charge >= 0.3 is 0 Å². The maximum Gasteiger partial charge on any atom is 0.181 e. The molecule has 12 heavy (non-hydrogen) atoms. The van der Waals surface area contributed by atoms with E-state index in [0.717, 1.165) is 0 Å². The van der Waals surface area contributed by atoms with Crippen molar-refractivity contribution in [2.45, 2.75) is 31.5 Å². The molecule has 0 saturated carbocycles. The first kappa shape index (κ1) is 9.88. The number of hydrogen-bond acceptors (Lipinski definition) is 5. The van der Waals surface area contributed by atoms with Crippen LogP contribution in [0.2, 0.25) is 0 Å². The second-order valence-corrected chi connectivity index (χ2v) is 3.09. The van der Waals surface area contributed by atoms with E-state index in [4.69, 9.17) is 14.9 Å². The van der Waals surface area contributed by atoms with E-state index in [9.17, 15) is 10.2 Å². The van der Waals surface area contributed by atoms with E-state index >= 15 is 0 Å². The van der Waals surface area contributed by atoms with Crippen molar-refractivity contribution in [3.05, 3.63) is 0 Å². The van der Waals surface area contributed by atoms with Crippen LogP contribution in [0.25, 0.3) is 0 Å². The molecule has 1 saturated heterocycles. The van der Waals surface area contributed by atoms with Crippen LogP contribution >= 0.6 is 0 Å². The fourth-order valence-corrected chi connectivity index (χ4v) is 1.29. The molecule has 1 aliphatic heterocycles. The smallest absolute Gasteiger partial charge is 0.181 e. The fraction of sp³-hybridized carbons (Fsp3) is 1.00. The summed E-state index contributed by atoms with van der Waals surface area (Å²) in [6, 6.07) is 0. The number of aliphatic hydroxyl groups is 4. The molecule has 0 radical (unpaired) electrons. The standard InChI is InChI=1S/C7H14O5/c1-3-5(9)4(2-8)12-7(11)6(3)10/h3-11H,2H2,1H3/t3-,4+,5+,6-,7+/m0/s1. The van der Waals surface area contributed by atoms with E-state index in [1.165, 1.54) is 0 Å². The molecule has 4 N–H and O–H groups in total. The third-order valence-electron chi connectivity index (χ3n) is 2.24. The molecule has 1 aliphatic rings. The average Bonchev–Trinajstić information content (AvgIpc) is 2.08. The van der Waals surface area contributed by atoms with E-state index in [2.05, 4.69) is 0 Å². The maximum absolute atomic E-state index is 9.37. The van der Waals surface area contributed by atoms with E-state index in [1.54, 1.807) is 6.92 Å². The Morgan fingerprint density at radius 1 is 1.17 bits per heavy atom. The summed E-state index contributed by atoms with van der Waals surface area (Å²) in [6.45, 7) is 1.22. The zero-order valence-electron chi connectivity index (χ0n) is 6.79. The first-order valence-electron chi connectivity index (χ1n) is 3.88. The van der Waals surface area contributed by atoms with Gasteiger partial charge in [0.2, 0.25) is 0 Å². The molecule has 5 heteroatoms. The summed E-state index contributed by atoms with van der Waals surface area (Å²) >= 11 is 0. The molecule has 0 aliphatic carbocycles. The van der Waals surface area contributed by atoms with Gasteiger partial charge in [-0.15, -0.1) is 0 Å². The molecule has 0 spiro atoms. The SMILES string of the molecule is C[C@H]1[C@@H](O)[C@@H](CO)O[C@@H](O)[C@H]1O. The maximum atomic E-state index is 9.37. The van der Waals surface area contributed by atoms with E-state index in [-0.39, 0.29) is 6.61 Å². The molecule has 1 heterocycles. The minimum Gasteiger partial charge on any atom is -0.394 e. The first-order valence-corrected chi connectivity index (χ1v) is 3.88. The van der Waals surface area contributed by atoms with Crippen LogP contribution in [0.3, 0.4) is 0 Å². The number of aliphatic hydroxyl groups excluding tert-OH is 4. The Morgan fingerprint density at radius 2 is 1.75 bits per heavy atom. The number of ether oxygens (including phenoxy) is 1. The van der Waals surface area contributed by atoms with Gasteiger partial charge in [-0.1, -0.05) is 6.92 Å². The number of rotatable bonds is 1. The third kappa shape index (κ3) is 1.60. The predicted octanol–water partition coefficient (Wildman–Crippen LogP) is -1.95. The number of hydrogen-bond donors (Lipinski definition) is 4. The summed E-state index contributed by atoms with van der Waals surface area (Å²) in [7, 11) is 0. The Balaban J connectivity index is 2.63. The highest BCUT2D eigenvalue weighted by Crippen LogP contribution is 2.24. The van der Waals surface area contributed by atoms with Gasteiger partial charge in [0.15, 0.2) is 6.29 Å². The zero-order valence-corrected chi connectivity index (χ0v) is 6.79. The van der Waals surface area contributed by atoms with Crippen molar-refractivity contribution in [3.63, 3.8) is 0 Å². The van der Waals surface area contributed by atoms with Gasteiger partial charge < -0.3 is 25.2 Å². The second-order valence-electron chi connectivity index (χ2n) is 3.09. The molecule has 0 unspecified atom stereocenters. The Kier molecular flexibility index (Phi) is 3.03. The Morgan fingerprint density at radius 3 is 2.25 bits per heavy atom. The average molecular weight is 178 g/mol. The highest BCUT2D eigenvalue weighted by atomic mass is 16.6. The van der Waals surface area contributed by atoms with Gasteiger partial charge in [0.25, 0.3) is 0 Å². The molecule has 5 atom stereocenters. The molecule has 1 rings (SSSR count). The highest BCUT2D eigenvalue weighted by molar-refractivity contribution is 4.85. The van der Waals surface area contributed by atoms with Crippen LogP contribution in [0, 0.1) is 5.92 Å². The largest absolute Gasteiger partial charge is 0.394 e. The van der Waals surface area contributed by atoms with Gasteiger partial charge in [-0.3, -0.25) is 0 Å². The monoisotopic (exact) mass is 178 g/mol. The quantitative estimate of drug-likeness (QED) is 0.375. The molecule has 0 aromatic carbocycles. The van der Waals surface area contributed by atoms with Crippen LogP contribution in [0.15, 0.2) is 0 Å². The lowest BCUT2D eigenvalue weighted by Gasteiger charge is -2.38. The van der Waals surface area contributed by atoms with Crippen LogP contribution < -0.4 is 0 Å². The Bertz CT molecular complexity index is 146. The van der Waals surface area contributed by atoms with Crippen molar-refractivity contribution in [3.8, 4) is 0 Å². The summed E-state index contributed by atoms with van der Waals surface area (Å²) in [6.07, 6.45) is -4.16.